The molecule has 0 bridgehead atoms. The maximum absolute atomic E-state index is 11.9. The number of benzene rings is 1. The largest absolute Gasteiger partial charge is 0.493 e. The van der Waals surface area contributed by atoms with Crippen LogP contribution in [-0.4, -0.2) is 31.8 Å². The minimum absolute atomic E-state index is 0.113. The summed E-state index contributed by atoms with van der Waals surface area (Å²) in [5.74, 6) is 1.34. The molecule has 1 aromatic carbocycles. The topological polar surface area (TPSA) is 73.6 Å². The van der Waals surface area contributed by atoms with E-state index >= 15 is 0 Å². The van der Waals surface area contributed by atoms with E-state index in [4.69, 9.17) is 15.2 Å². The summed E-state index contributed by atoms with van der Waals surface area (Å²) in [4.78, 5) is 11.9. The molecule has 0 aliphatic carbocycles. The summed E-state index contributed by atoms with van der Waals surface area (Å²) < 4.78 is 11.1. The average Bonchev–Trinajstić information content (AvgIpc) is 2.54. The molecule has 0 spiro atoms. The predicted molar refractivity (Wildman–Crippen MR) is 86.9 cm³/mol. The molecule has 2 rings (SSSR count). The van der Waals surface area contributed by atoms with E-state index in [1.54, 1.807) is 0 Å². The summed E-state index contributed by atoms with van der Waals surface area (Å²) in [6, 6.07) is 6.92. The molecule has 1 aromatic rings. The zero-order chi connectivity index (χ0) is 15.9. The number of ether oxygens (including phenoxy) is 2. The Morgan fingerprint density at radius 3 is 2.55 bits per heavy atom. The lowest BCUT2D eigenvalue weighted by atomic mass is 10.0. The molecule has 1 atom stereocenters. The van der Waals surface area contributed by atoms with Gasteiger partial charge in [0.25, 0.3) is 0 Å². The van der Waals surface area contributed by atoms with Gasteiger partial charge in [0.05, 0.1) is 12.6 Å². The summed E-state index contributed by atoms with van der Waals surface area (Å²) in [6.07, 6.45) is 2.11. The van der Waals surface area contributed by atoms with Crippen molar-refractivity contribution in [1.82, 2.24) is 0 Å². The van der Waals surface area contributed by atoms with Crippen molar-refractivity contribution in [3.63, 3.8) is 0 Å². The second kappa shape index (κ2) is 8.15. The van der Waals surface area contributed by atoms with Crippen molar-refractivity contribution in [1.29, 1.82) is 0 Å². The van der Waals surface area contributed by atoms with E-state index in [9.17, 15) is 4.79 Å². The maximum atomic E-state index is 11.9. The highest BCUT2D eigenvalue weighted by Gasteiger charge is 2.17. The van der Waals surface area contributed by atoms with Crippen molar-refractivity contribution in [2.45, 2.75) is 32.7 Å². The number of nitrogens with one attached hydrogen (secondary N) is 1. The van der Waals surface area contributed by atoms with E-state index in [2.05, 4.69) is 5.32 Å². The van der Waals surface area contributed by atoms with E-state index in [0.29, 0.717) is 12.5 Å². The lowest BCUT2D eigenvalue weighted by Crippen LogP contribution is -2.39. The van der Waals surface area contributed by atoms with E-state index in [0.717, 1.165) is 37.5 Å². The van der Waals surface area contributed by atoms with Crippen molar-refractivity contribution >= 4 is 11.6 Å². The van der Waals surface area contributed by atoms with Crippen LogP contribution in [0.1, 0.15) is 26.7 Å². The van der Waals surface area contributed by atoms with E-state index in [-0.39, 0.29) is 11.8 Å². The Hall–Kier alpha value is -1.59. The van der Waals surface area contributed by atoms with Crippen LogP contribution in [0.2, 0.25) is 0 Å². The third-order valence-electron chi connectivity index (χ3n) is 3.97. The van der Waals surface area contributed by atoms with Crippen LogP contribution < -0.4 is 15.8 Å². The van der Waals surface area contributed by atoms with E-state index < -0.39 is 6.04 Å². The Kier molecular flexibility index (Phi) is 6.21. The molecule has 1 aliphatic rings. The smallest absolute Gasteiger partial charge is 0.241 e. The lowest BCUT2D eigenvalue weighted by molar-refractivity contribution is -0.118. The Labute approximate surface area is 132 Å². The number of rotatable bonds is 6. The van der Waals surface area contributed by atoms with Crippen LogP contribution in [0.5, 0.6) is 5.75 Å². The quantitative estimate of drug-likeness (QED) is 0.846. The Bertz CT molecular complexity index is 467. The molecule has 0 radical (unpaired) electrons. The maximum Gasteiger partial charge on any atom is 0.241 e. The highest BCUT2D eigenvalue weighted by Crippen LogP contribution is 2.20. The Morgan fingerprint density at radius 1 is 1.32 bits per heavy atom. The number of amides is 1. The van der Waals surface area contributed by atoms with Crippen molar-refractivity contribution in [2.24, 2.45) is 17.6 Å². The van der Waals surface area contributed by atoms with Crippen LogP contribution in [-0.2, 0) is 9.53 Å². The molecule has 1 aliphatic heterocycles. The fourth-order valence-electron chi connectivity index (χ4n) is 2.29. The first-order chi connectivity index (χ1) is 10.6. The molecule has 5 heteroatoms. The molecular formula is C17H26N2O3. The van der Waals surface area contributed by atoms with Crippen molar-refractivity contribution < 1.29 is 14.3 Å². The van der Waals surface area contributed by atoms with Crippen LogP contribution in [0.4, 0.5) is 5.69 Å². The first-order valence-electron chi connectivity index (χ1n) is 7.93. The molecular weight excluding hydrogens is 280 g/mol. The van der Waals surface area contributed by atoms with Gasteiger partial charge in [0.15, 0.2) is 0 Å². The lowest BCUT2D eigenvalue weighted by Gasteiger charge is -2.22. The minimum atomic E-state index is -0.496. The fraction of sp³-hybridized carbons (Fsp3) is 0.588. The molecule has 122 valence electrons. The summed E-state index contributed by atoms with van der Waals surface area (Å²) in [5, 5.41) is 2.82. The number of nitrogens with two attached hydrogens (primary N) is 1. The third kappa shape index (κ3) is 5.00. The molecule has 1 fully saturated rings. The van der Waals surface area contributed by atoms with Gasteiger partial charge in [-0.2, -0.15) is 0 Å². The van der Waals surface area contributed by atoms with Gasteiger partial charge in [-0.3, -0.25) is 4.79 Å². The molecule has 1 saturated heterocycles. The normalized spacial score (nSPS) is 17.3. The van der Waals surface area contributed by atoms with E-state index in [1.165, 1.54) is 0 Å². The van der Waals surface area contributed by atoms with Gasteiger partial charge in [0, 0.05) is 18.9 Å². The second-order valence-corrected chi connectivity index (χ2v) is 6.15. The number of hydrogen-bond acceptors (Lipinski definition) is 4. The predicted octanol–water partition coefficient (Wildman–Crippen LogP) is 2.41. The molecule has 3 N–H and O–H groups in total. The van der Waals surface area contributed by atoms with Crippen molar-refractivity contribution in [3.8, 4) is 5.75 Å². The van der Waals surface area contributed by atoms with E-state index in [1.807, 2.05) is 38.1 Å². The van der Waals surface area contributed by atoms with Crippen LogP contribution in [0, 0.1) is 11.8 Å². The molecule has 22 heavy (non-hydrogen) atoms. The van der Waals surface area contributed by atoms with Gasteiger partial charge in [0.2, 0.25) is 5.91 Å². The van der Waals surface area contributed by atoms with Crippen LogP contribution in [0.15, 0.2) is 24.3 Å². The van der Waals surface area contributed by atoms with Gasteiger partial charge in [-0.05, 0) is 48.9 Å². The average molecular weight is 306 g/mol. The highest BCUT2D eigenvalue weighted by atomic mass is 16.5. The van der Waals surface area contributed by atoms with Gasteiger partial charge in [-0.1, -0.05) is 13.8 Å². The van der Waals surface area contributed by atoms with Gasteiger partial charge in [0.1, 0.15) is 5.75 Å². The van der Waals surface area contributed by atoms with Gasteiger partial charge in [-0.25, -0.2) is 0 Å². The number of hydrogen-bond donors (Lipinski definition) is 2. The minimum Gasteiger partial charge on any atom is -0.493 e. The second-order valence-electron chi connectivity index (χ2n) is 6.15. The third-order valence-corrected chi connectivity index (χ3v) is 3.97. The van der Waals surface area contributed by atoms with Crippen molar-refractivity contribution in [2.75, 3.05) is 25.1 Å². The molecule has 0 saturated carbocycles. The summed E-state index contributed by atoms with van der Waals surface area (Å²) in [7, 11) is 0. The molecule has 0 unspecified atom stereocenters. The number of anilines is 1. The fourth-order valence-corrected chi connectivity index (χ4v) is 2.29. The van der Waals surface area contributed by atoms with Gasteiger partial charge >= 0.3 is 0 Å². The Balaban J connectivity index is 1.80. The SMILES string of the molecule is CC(C)[C@H](N)C(=O)Nc1ccc(OCC2CCOCC2)cc1. The van der Waals surface area contributed by atoms with Crippen LogP contribution >= 0.6 is 0 Å². The molecule has 5 nitrogen and oxygen atoms in total. The molecule has 1 heterocycles. The van der Waals surface area contributed by atoms with Crippen LogP contribution in [0.25, 0.3) is 0 Å². The summed E-state index contributed by atoms with van der Waals surface area (Å²) in [6.45, 7) is 6.23. The molecule has 0 aromatic heterocycles. The van der Waals surface area contributed by atoms with Crippen molar-refractivity contribution in [3.05, 3.63) is 24.3 Å². The first kappa shape index (κ1) is 16.8. The van der Waals surface area contributed by atoms with Gasteiger partial charge in [-0.15, -0.1) is 0 Å². The monoisotopic (exact) mass is 306 g/mol. The Morgan fingerprint density at radius 2 is 1.95 bits per heavy atom. The molecule has 1 amide bonds. The standard InChI is InChI=1S/C17H26N2O3/c1-12(2)16(18)17(20)19-14-3-5-15(6-4-14)22-11-13-7-9-21-10-8-13/h3-6,12-13,16H,7-11,18H2,1-2H3,(H,19,20)/t16-/m0/s1. The zero-order valence-electron chi connectivity index (χ0n) is 13.4. The van der Waals surface area contributed by atoms with Gasteiger partial charge < -0.3 is 20.5 Å². The first-order valence-corrected chi connectivity index (χ1v) is 7.93. The number of carbonyl (C=O) groups is 1. The highest BCUT2D eigenvalue weighted by molar-refractivity contribution is 5.94. The summed E-state index contributed by atoms with van der Waals surface area (Å²) >= 11 is 0. The van der Waals surface area contributed by atoms with Crippen LogP contribution in [0.3, 0.4) is 0 Å². The summed E-state index contributed by atoms with van der Waals surface area (Å²) in [5.41, 5.74) is 6.56. The zero-order valence-corrected chi connectivity index (χ0v) is 13.4. The number of carbonyl (C=O) groups excluding carboxylic acids is 1.